The minimum atomic E-state index is -0.551. The van der Waals surface area contributed by atoms with E-state index in [4.69, 9.17) is 5.26 Å². The van der Waals surface area contributed by atoms with Crippen molar-refractivity contribution < 1.29 is 9.18 Å². The number of pyridine rings is 1. The van der Waals surface area contributed by atoms with Crippen molar-refractivity contribution in [2.24, 2.45) is 5.92 Å². The lowest BCUT2D eigenvalue weighted by molar-refractivity contribution is 0.0753. The molecule has 1 amide bonds. The highest BCUT2D eigenvalue weighted by atomic mass is 19.1. The van der Waals surface area contributed by atoms with Crippen LogP contribution in [-0.4, -0.2) is 35.4 Å². The smallest absolute Gasteiger partial charge is 0.257 e. The summed E-state index contributed by atoms with van der Waals surface area (Å²) in [5.41, 5.74) is 0.204. The molecule has 0 aliphatic heterocycles. The van der Waals surface area contributed by atoms with E-state index in [1.807, 2.05) is 13.8 Å². The SMILES string of the molecule is CCCNc1ncc(F)cc1C(=O)N(CC)CC(C)C#N. The molecular weight excluding hydrogens is 271 g/mol. The van der Waals surface area contributed by atoms with E-state index < -0.39 is 5.82 Å². The zero-order valence-corrected chi connectivity index (χ0v) is 12.7. The molecule has 0 fully saturated rings. The molecule has 0 aromatic carbocycles. The summed E-state index contributed by atoms with van der Waals surface area (Å²) in [6.45, 7) is 6.98. The Morgan fingerprint density at radius 1 is 1.57 bits per heavy atom. The molecule has 6 heteroatoms. The summed E-state index contributed by atoms with van der Waals surface area (Å²) in [6.07, 6.45) is 1.96. The van der Waals surface area contributed by atoms with Crippen LogP contribution in [0.5, 0.6) is 0 Å². The van der Waals surface area contributed by atoms with E-state index >= 15 is 0 Å². The molecular formula is C15H21FN4O. The Hall–Kier alpha value is -2.16. The van der Waals surface area contributed by atoms with Gasteiger partial charge in [0.15, 0.2) is 0 Å². The zero-order valence-electron chi connectivity index (χ0n) is 12.7. The molecule has 0 bridgehead atoms. The van der Waals surface area contributed by atoms with Crippen molar-refractivity contribution in [3.63, 3.8) is 0 Å². The van der Waals surface area contributed by atoms with Crippen LogP contribution in [0.3, 0.4) is 0 Å². The van der Waals surface area contributed by atoms with Crippen molar-refractivity contribution >= 4 is 11.7 Å². The Balaban J connectivity index is 3.03. The average Bonchev–Trinajstić information content (AvgIpc) is 2.50. The van der Waals surface area contributed by atoms with Gasteiger partial charge in [-0.3, -0.25) is 4.79 Å². The van der Waals surface area contributed by atoms with Gasteiger partial charge in [-0.1, -0.05) is 6.92 Å². The predicted octanol–water partition coefficient (Wildman–Crippen LogP) is 2.66. The molecule has 0 spiro atoms. The van der Waals surface area contributed by atoms with Gasteiger partial charge in [0.05, 0.1) is 23.7 Å². The van der Waals surface area contributed by atoms with E-state index in [9.17, 15) is 9.18 Å². The van der Waals surface area contributed by atoms with E-state index in [-0.39, 0.29) is 17.4 Å². The molecule has 1 N–H and O–H groups in total. The highest BCUT2D eigenvalue weighted by Crippen LogP contribution is 2.17. The molecule has 0 aliphatic carbocycles. The average molecular weight is 292 g/mol. The first kappa shape index (κ1) is 16.9. The van der Waals surface area contributed by atoms with Crippen LogP contribution < -0.4 is 5.32 Å². The van der Waals surface area contributed by atoms with Crippen LogP contribution in [0, 0.1) is 23.1 Å². The van der Waals surface area contributed by atoms with Gasteiger partial charge < -0.3 is 10.2 Å². The Morgan fingerprint density at radius 3 is 2.86 bits per heavy atom. The highest BCUT2D eigenvalue weighted by molar-refractivity contribution is 5.98. The van der Waals surface area contributed by atoms with E-state index in [0.29, 0.717) is 25.5 Å². The van der Waals surface area contributed by atoms with E-state index in [1.165, 1.54) is 11.0 Å². The lowest BCUT2D eigenvalue weighted by Crippen LogP contribution is -2.35. The van der Waals surface area contributed by atoms with Crippen LogP contribution >= 0.6 is 0 Å². The van der Waals surface area contributed by atoms with Crippen LogP contribution in [0.2, 0.25) is 0 Å². The molecule has 114 valence electrons. The number of hydrogen-bond donors (Lipinski definition) is 1. The Morgan fingerprint density at radius 2 is 2.29 bits per heavy atom. The summed E-state index contributed by atoms with van der Waals surface area (Å²) < 4.78 is 13.4. The molecule has 1 rings (SSSR count). The number of carbonyl (C=O) groups excluding carboxylic acids is 1. The van der Waals surface area contributed by atoms with Crippen molar-refractivity contribution in [3.05, 3.63) is 23.6 Å². The first-order valence-electron chi connectivity index (χ1n) is 7.11. The molecule has 1 aromatic heterocycles. The fourth-order valence-electron chi connectivity index (χ4n) is 1.88. The molecule has 1 atom stereocenters. The van der Waals surface area contributed by atoms with Crippen molar-refractivity contribution in [2.45, 2.75) is 27.2 Å². The molecule has 0 radical (unpaired) electrons. The van der Waals surface area contributed by atoms with E-state index in [2.05, 4.69) is 16.4 Å². The first-order valence-corrected chi connectivity index (χ1v) is 7.11. The second-order valence-corrected chi connectivity index (χ2v) is 4.85. The van der Waals surface area contributed by atoms with Gasteiger partial charge in [-0.15, -0.1) is 0 Å². The third-order valence-corrected chi connectivity index (χ3v) is 3.01. The highest BCUT2D eigenvalue weighted by Gasteiger charge is 2.21. The minimum absolute atomic E-state index is 0.204. The molecule has 5 nitrogen and oxygen atoms in total. The number of hydrogen-bond acceptors (Lipinski definition) is 4. The number of halogens is 1. The third kappa shape index (κ3) is 4.71. The summed E-state index contributed by atoms with van der Waals surface area (Å²) in [5.74, 6) is -0.760. The van der Waals surface area contributed by atoms with Crippen LogP contribution in [-0.2, 0) is 0 Å². The van der Waals surface area contributed by atoms with Gasteiger partial charge in [0.25, 0.3) is 5.91 Å². The largest absolute Gasteiger partial charge is 0.369 e. The van der Waals surface area contributed by atoms with Gasteiger partial charge in [0.2, 0.25) is 0 Å². The number of anilines is 1. The number of nitriles is 1. The monoisotopic (exact) mass is 292 g/mol. The van der Waals surface area contributed by atoms with Crippen LogP contribution in [0.25, 0.3) is 0 Å². The Bertz CT molecular complexity index is 527. The summed E-state index contributed by atoms with van der Waals surface area (Å²) >= 11 is 0. The number of aromatic nitrogens is 1. The van der Waals surface area contributed by atoms with Crippen LogP contribution in [0.1, 0.15) is 37.6 Å². The van der Waals surface area contributed by atoms with E-state index in [1.54, 1.807) is 6.92 Å². The van der Waals surface area contributed by atoms with Crippen LogP contribution in [0.15, 0.2) is 12.3 Å². The number of amides is 1. The van der Waals surface area contributed by atoms with Crippen molar-refractivity contribution in [1.29, 1.82) is 5.26 Å². The van der Waals surface area contributed by atoms with Gasteiger partial charge in [-0.25, -0.2) is 9.37 Å². The molecule has 1 aromatic rings. The van der Waals surface area contributed by atoms with Gasteiger partial charge >= 0.3 is 0 Å². The number of nitrogens with one attached hydrogen (secondary N) is 1. The van der Waals surface area contributed by atoms with Crippen LogP contribution in [0.4, 0.5) is 10.2 Å². The van der Waals surface area contributed by atoms with Crippen molar-refractivity contribution in [2.75, 3.05) is 25.0 Å². The summed E-state index contributed by atoms with van der Waals surface area (Å²) in [7, 11) is 0. The fraction of sp³-hybridized carbons (Fsp3) is 0.533. The van der Waals surface area contributed by atoms with Crippen molar-refractivity contribution in [3.8, 4) is 6.07 Å². The minimum Gasteiger partial charge on any atom is -0.369 e. The molecule has 1 unspecified atom stereocenters. The zero-order chi connectivity index (χ0) is 15.8. The second kappa shape index (κ2) is 8.20. The lowest BCUT2D eigenvalue weighted by Gasteiger charge is -2.23. The van der Waals surface area contributed by atoms with Gasteiger partial charge in [0, 0.05) is 19.6 Å². The van der Waals surface area contributed by atoms with Gasteiger partial charge in [-0.2, -0.15) is 5.26 Å². The third-order valence-electron chi connectivity index (χ3n) is 3.01. The quantitative estimate of drug-likeness (QED) is 0.839. The maximum Gasteiger partial charge on any atom is 0.257 e. The first-order chi connectivity index (χ1) is 10.0. The maximum atomic E-state index is 13.4. The number of nitrogens with zero attached hydrogens (tertiary/aromatic N) is 3. The second-order valence-electron chi connectivity index (χ2n) is 4.85. The molecule has 0 aliphatic rings. The molecule has 1 heterocycles. The summed E-state index contributed by atoms with van der Waals surface area (Å²) in [5, 5.41) is 11.9. The normalized spacial score (nSPS) is 11.6. The standard InChI is InChI=1S/C15H21FN4O/c1-4-6-18-14-13(7-12(16)9-19-14)15(21)20(5-2)10-11(3)8-17/h7,9,11H,4-6,10H2,1-3H3,(H,18,19). The molecule has 21 heavy (non-hydrogen) atoms. The molecule has 0 saturated heterocycles. The topological polar surface area (TPSA) is 69.0 Å². The fourth-order valence-corrected chi connectivity index (χ4v) is 1.88. The summed E-state index contributed by atoms with van der Waals surface area (Å²) in [4.78, 5) is 18.0. The summed E-state index contributed by atoms with van der Waals surface area (Å²) in [6, 6.07) is 3.28. The van der Waals surface area contributed by atoms with E-state index in [0.717, 1.165) is 12.6 Å². The Labute approximate surface area is 124 Å². The lowest BCUT2D eigenvalue weighted by atomic mass is 10.1. The Kier molecular flexibility index (Phi) is 6.60. The molecule has 0 saturated carbocycles. The van der Waals surface area contributed by atoms with Gasteiger partial charge in [-0.05, 0) is 26.3 Å². The number of rotatable bonds is 7. The van der Waals surface area contributed by atoms with Gasteiger partial charge in [0.1, 0.15) is 11.6 Å². The number of carbonyl (C=O) groups is 1. The van der Waals surface area contributed by atoms with Crippen molar-refractivity contribution in [1.82, 2.24) is 9.88 Å². The predicted molar refractivity (Wildman–Crippen MR) is 79.3 cm³/mol. The maximum absolute atomic E-state index is 13.4.